The van der Waals surface area contributed by atoms with Crippen LogP contribution in [0, 0.1) is 0 Å². The Labute approximate surface area is 232 Å². The van der Waals surface area contributed by atoms with Crippen LogP contribution in [0.15, 0.2) is 94.5 Å². The minimum atomic E-state index is -0.668. The Balaban J connectivity index is 1.28. The summed E-state index contributed by atoms with van der Waals surface area (Å²) in [6.45, 7) is 4.57. The lowest BCUT2D eigenvalue weighted by atomic mass is 9.96. The molecule has 0 atom stereocenters. The van der Waals surface area contributed by atoms with E-state index in [2.05, 4.69) is 70.5 Å². The third-order valence-corrected chi connectivity index (χ3v) is 7.63. The number of amides is 1. The van der Waals surface area contributed by atoms with Crippen molar-refractivity contribution in [2.75, 3.05) is 38.5 Å². The van der Waals surface area contributed by atoms with Crippen molar-refractivity contribution in [2.45, 2.75) is 12.5 Å². The Kier molecular flexibility index (Phi) is 7.95. The molecule has 1 amide bonds. The van der Waals surface area contributed by atoms with E-state index in [9.17, 15) is 14.4 Å². The highest BCUT2D eigenvalue weighted by Gasteiger charge is 2.26. The second-order valence-corrected chi connectivity index (χ2v) is 10.2. The average Bonchev–Trinajstić information content (AvgIpc) is 2.97. The fourth-order valence-corrected chi connectivity index (χ4v) is 5.43. The highest BCUT2D eigenvalue weighted by atomic mass is 16.2. The van der Waals surface area contributed by atoms with Crippen LogP contribution in [0.2, 0.25) is 0 Å². The number of anilines is 1. The maximum absolute atomic E-state index is 12.7. The molecule has 0 radical (unpaired) electrons. The molecule has 3 aromatic carbocycles. The summed E-state index contributed by atoms with van der Waals surface area (Å²) in [5.74, 6) is -0.719. The molecule has 4 N–H and O–H groups in total. The van der Waals surface area contributed by atoms with Gasteiger partial charge in [0, 0.05) is 45.8 Å². The van der Waals surface area contributed by atoms with Gasteiger partial charge in [0.25, 0.3) is 11.5 Å². The number of piperazine rings is 1. The zero-order valence-electron chi connectivity index (χ0n) is 22.6. The normalized spacial score (nSPS) is 14.4. The molecule has 1 fully saturated rings. The number of nitrogens with zero attached hydrogens (tertiary/aromatic N) is 4. The molecule has 0 spiro atoms. The Bertz CT molecular complexity index is 1570. The van der Waals surface area contributed by atoms with Crippen LogP contribution in [0.5, 0.6) is 0 Å². The Morgan fingerprint density at radius 2 is 1.45 bits per heavy atom. The number of nitrogens with two attached hydrogens (primary N) is 2. The summed E-state index contributed by atoms with van der Waals surface area (Å²) in [4.78, 5) is 42.0. The zero-order chi connectivity index (χ0) is 28.2. The minimum Gasteiger partial charge on any atom is -0.385 e. The van der Waals surface area contributed by atoms with E-state index >= 15 is 0 Å². The molecule has 5 rings (SSSR count). The maximum atomic E-state index is 12.7. The van der Waals surface area contributed by atoms with Crippen molar-refractivity contribution in [3.63, 3.8) is 0 Å². The molecule has 0 bridgehead atoms. The third-order valence-electron chi connectivity index (χ3n) is 7.63. The van der Waals surface area contributed by atoms with Gasteiger partial charge >= 0.3 is 5.69 Å². The van der Waals surface area contributed by atoms with Gasteiger partial charge in [-0.3, -0.25) is 19.1 Å². The first kappa shape index (κ1) is 27.1. The largest absolute Gasteiger partial charge is 0.385 e. The van der Waals surface area contributed by atoms with Crippen molar-refractivity contribution in [1.29, 1.82) is 0 Å². The predicted octanol–water partition coefficient (Wildman–Crippen LogP) is 2.17. The van der Waals surface area contributed by atoms with E-state index in [1.54, 1.807) is 12.1 Å². The molecule has 4 aromatic rings. The highest BCUT2D eigenvalue weighted by molar-refractivity contribution is 5.97. The van der Waals surface area contributed by atoms with Gasteiger partial charge in [-0.1, -0.05) is 66.7 Å². The van der Waals surface area contributed by atoms with Crippen LogP contribution in [-0.4, -0.2) is 57.6 Å². The fourth-order valence-electron chi connectivity index (χ4n) is 5.43. The first-order valence-electron chi connectivity index (χ1n) is 13.4. The number of benzene rings is 3. The van der Waals surface area contributed by atoms with Crippen molar-refractivity contribution < 1.29 is 4.79 Å². The van der Waals surface area contributed by atoms with Crippen molar-refractivity contribution in [2.24, 2.45) is 12.8 Å². The summed E-state index contributed by atoms with van der Waals surface area (Å²) in [6.07, 6.45) is 0.721. The van der Waals surface area contributed by atoms with E-state index < -0.39 is 17.2 Å². The lowest BCUT2D eigenvalue weighted by Gasteiger charge is -2.40. The topological polar surface area (TPSA) is 120 Å². The quantitative estimate of drug-likeness (QED) is 0.355. The van der Waals surface area contributed by atoms with Gasteiger partial charge < -0.3 is 16.4 Å². The van der Waals surface area contributed by atoms with Crippen molar-refractivity contribution >= 4 is 11.7 Å². The Hall–Kier alpha value is -4.47. The van der Waals surface area contributed by atoms with E-state index in [0.717, 1.165) is 59.9 Å². The number of hydrogen-bond acceptors (Lipinski definition) is 6. The molecule has 40 heavy (non-hydrogen) atoms. The number of carbonyl (C=O) groups is 1. The van der Waals surface area contributed by atoms with Gasteiger partial charge in [0.15, 0.2) is 0 Å². The summed E-state index contributed by atoms with van der Waals surface area (Å²) in [6, 6.07) is 27.9. The van der Waals surface area contributed by atoms with Crippen LogP contribution in [0.3, 0.4) is 0 Å². The first-order valence-corrected chi connectivity index (χ1v) is 13.4. The Morgan fingerprint density at radius 1 is 0.850 bits per heavy atom. The van der Waals surface area contributed by atoms with Crippen LogP contribution < -0.4 is 22.7 Å². The lowest BCUT2D eigenvalue weighted by molar-refractivity contribution is 0.1000. The maximum Gasteiger partial charge on any atom is 0.336 e. The molecule has 0 saturated carbocycles. The van der Waals surface area contributed by atoms with Gasteiger partial charge in [-0.15, -0.1) is 0 Å². The number of hydrogen-bond donors (Lipinski definition) is 2. The number of primary amides is 1. The first-order chi connectivity index (χ1) is 19.3. The van der Waals surface area contributed by atoms with E-state index in [4.69, 9.17) is 11.5 Å². The zero-order valence-corrected chi connectivity index (χ0v) is 22.6. The van der Waals surface area contributed by atoms with Crippen LogP contribution in [0.25, 0.3) is 5.69 Å². The molecule has 0 unspecified atom stereocenters. The molecule has 1 aliphatic heterocycles. The summed E-state index contributed by atoms with van der Waals surface area (Å²) < 4.78 is 2.08. The van der Waals surface area contributed by atoms with Crippen molar-refractivity contribution in [1.82, 2.24) is 18.9 Å². The minimum absolute atomic E-state index is 0.0504. The predicted molar refractivity (Wildman–Crippen MR) is 157 cm³/mol. The van der Waals surface area contributed by atoms with Gasteiger partial charge in [-0.05, 0) is 35.2 Å². The van der Waals surface area contributed by atoms with Gasteiger partial charge in [0.2, 0.25) is 0 Å². The Morgan fingerprint density at radius 3 is 2.02 bits per heavy atom. The smallest absolute Gasteiger partial charge is 0.336 e. The molecule has 0 aliphatic carbocycles. The van der Waals surface area contributed by atoms with Crippen molar-refractivity contribution in [3.8, 4) is 5.69 Å². The number of rotatable bonds is 8. The van der Waals surface area contributed by atoms with Gasteiger partial charge in [0.05, 0.1) is 17.3 Å². The summed E-state index contributed by atoms with van der Waals surface area (Å²) in [7, 11) is 1.36. The van der Waals surface area contributed by atoms with E-state index in [0.29, 0.717) is 0 Å². The van der Waals surface area contributed by atoms with Crippen LogP contribution >= 0.6 is 0 Å². The van der Waals surface area contributed by atoms with Gasteiger partial charge in [0.1, 0.15) is 5.82 Å². The lowest BCUT2D eigenvalue weighted by Crippen LogP contribution is -2.48. The summed E-state index contributed by atoms with van der Waals surface area (Å²) in [5, 5.41) is 0. The molecular formula is C31H34N6O3. The van der Waals surface area contributed by atoms with E-state index in [1.807, 2.05) is 6.07 Å². The molecular weight excluding hydrogens is 504 g/mol. The average molecular weight is 539 g/mol. The van der Waals surface area contributed by atoms with Gasteiger partial charge in [-0.2, -0.15) is 0 Å². The standard InChI is InChI=1S/C31H34N6O3/c1-34-28(38)21-27(32)37(31(34)40)26-13-12-22(20-25(26)30(33)39)14-15-35-16-18-36(19-17-35)29(23-8-4-2-5-9-23)24-10-6-3-7-11-24/h2-13,20-21,29H,14-19,32H2,1H3,(H2,33,39). The molecule has 1 aliphatic rings. The van der Waals surface area contributed by atoms with Crippen LogP contribution in [0.4, 0.5) is 5.82 Å². The second kappa shape index (κ2) is 11.7. The van der Waals surface area contributed by atoms with E-state index in [-0.39, 0.29) is 23.1 Å². The van der Waals surface area contributed by atoms with Crippen LogP contribution in [0.1, 0.15) is 33.1 Å². The highest BCUT2D eigenvalue weighted by Crippen LogP contribution is 2.29. The number of nitrogen functional groups attached to an aromatic ring is 1. The van der Waals surface area contributed by atoms with E-state index in [1.165, 1.54) is 18.2 Å². The van der Waals surface area contributed by atoms with Crippen molar-refractivity contribution in [3.05, 3.63) is 128 Å². The third kappa shape index (κ3) is 5.61. The molecule has 9 nitrogen and oxygen atoms in total. The van der Waals surface area contributed by atoms with Gasteiger partial charge in [-0.25, -0.2) is 9.36 Å². The SMILES string of the molecule is Cn1c(=O)cc(N)n(-c2ccc(CCN3CCN(C(c4ccccc4)c4ccccc4)CC3)cc2C(N)=O)c1=O. The molecule has 1 aromatic heterocycles. The second-order valence-electron chi connectivity index (χ2n) is 10.2. The monoisotopic (exact) mass is 538 g/mol. The fraction of sp³-hybridized carbons (Fsp3) is 0.258. The number of carbonyl (C=O) groups excluding carboxylic acids is 1. The molecule has 2 heterocycles. The summed E-state index contributed by atoms with van der Waals surface area (Å²) in [5.41, 5.74) is 14.5. The van der Waals surface area contributed by atoms with Crippen LogP contribution in [-0.2, 0) is 13.5 Å². The number of aromatic nitrogens is 2. The molecule has 1 saturated heterocycles. The summed E-state index contributed by atoms with van der Waals surface area (Å²) >= 11 is 0. The molecule has 206 valence electrons. The molecule has 9 heteroatoms.